The van der Waals surface area contributed by atoms with Crippen LogP contribution in [0.1, 0.15) is 22.4 Å². The van der Waals surface area contributed by atoms with Crippen molar-refractivity contribution in [2.45, 2.75) is 13.8 Å². The van der Waals surface area contributed by atoms with Crippen LogP contribution in [0.4, 0.5) is 0 Å². The van der Waals surface area contributed by atoms with Crippen molar-refractivity contribution in [3.63, 3.8) is 0 Å². The largest absolute Gasteiger partial charge is 0.340 e. The summed E-state index contributed by atoms with van der Waals surface area (Å²) in [7, 11) is 0. The summed E-state index contributed by atoms with van der Waals surface area (Å²) in [5, 5.41) is 0. The number of aromatic nitrogens is 3. The minimum absolute atomic E-state index is 0.358. The van der Waals surface area contributed by atoms with Crippen LogP contribution < -0.4 is 11.2 Å². The highest BCUT2D eigenvalue weighted by atomic mass is 16.2. The van der Waals surface area contributed by atoms with Gasteiger partial charge in [-0.2, -0.15) is 0 Å². The van der Waals surface area contributed by atoms with Gasteiger partial charge in [-0.15, -0.1) is 0 Å². The molecule has 0 saturated carbocycles. The van der Waals surface area contributed by atoms with Gasteiger partial charge in [0.2, 0.25) is 0 Å². The van der Waals surface area contributed by atoms with E-state index in [2.05, 4.69) is 4.98 Å². The smallest absolute Gasteiger partial charge is 0.268 e. The summed E-state index contributed by atoms with van der Waals surface area (Å²) in [5.41, 5.74) is 7.26. The number of hydrogen-bond donors (Lipinski definition) is 0. The van der Waals surface area contributed by atoms with E-state index in [0.717, 1.165) is 33.4 Å². The SMILES string of the molecule is Cc1ccncc1/C=C\c1c(C)c(=O)n(-c2cccc(-c3ccccc3)c2)c(=O)n1-c1cccc(-c2ccccc2)c1. The topological polar surface area (TPSA) is 56.9 Å². The minimum atomic E-state index is -0.441. The Morgan fingerprint density at radius 1 is 0.595 bits per heavy atom. The van der Waals surface area contributed by atoms with E-state index in [9.17, 15) is 9.59 Å². The van der Waals surface area contributed by atoms with Gasteiger partial charge in [0.05, 0.1) is 17.1 Å². The number of benzene rings is 4. The normalized spacial score (nSPS) is 11.2. The third-order valence-electron chi connectivity index (χ3n) is 7.45. The average Bonchev–Trinajstić information content (AvgIpc) is 3.04. The van der Waals surface area contributed by atoms with Gasteiger partial charge in [-0.1, -0.05) is 91.0 Å². The Hall–Kier alpha value is -5.55. The molecule has 0 spiro atoms. The Balaban J connectivity index is 1.60. The van der Waals surface area contributed by atoms with Crippen LogP contribution in [0, 0.1) is 13.8 Å². The molecule has 0 aliphatic carbocycles. The maximum atomic E-state index is 14.4. The summed E-state index contributed by atoms with van der Waals surface area (Å²) in [4.78, 5) is 32.6. The first-order valence-corrected chi connectivity index (χ1v) is 13.8. The van der Waals surface area contributed by atoms with Crippen LogP contribution in [-0.4, -0.2) is 14.1 Å². The number of aryl methyl sites for hydroxylation is 1. The van der Waals surface area contributed by atoms with Crippen molar-refractivity contribution >= 4 is 12.2 Å². The first-order chi connectivity index (χ1) is 20.5. The second kappa shape index (κ2) is 11.5. The quantitative estimate of drug-likeness (QED) is 0.217. The number of pyridine rings is 1. The van der Waals surface area contributed by atoms with Crippen molar-refractivity contribution in [3.05, 3.63) is 171 Å². The maximum Gasteiger partial charge on any atom is 0.340 e. The molecular formula is C37H29N3O2. The van der Waals surface area contributed by atoms with E-state index in [1.165, 1.54) is 4.57 Å². The van der Waals surface area contributed by atoms with Crippen molar-refractivity contribution in [2.24, 2.45) is 0 Å². The van der Waals surface area contributed by atoms with Crippen molar-refractivity contribution in [1.82, 2.24) is 14.1 Å². The van der Waals surface area contributed by atoms with E-state index >= 15 is 0 Å². The third-order valence-corrected chi connectivity index (χ3v) is 7.45. The fraction of sp³-hybridized carbons (Fsp3) is 0.0541. The highest BCUT2D eigenvalue weighted by molar-refractivity contribution is 5.73. The zero-order chi connectivity index (χ0) is 29.1. The van der Waals surface area contributed by atoms with E-state index in [-0.39, 0.29) is 5.56 Å². The van der Waals surface area contributed by atoms with Gasteiger partial charge in [-0.25, -0.2) is 9.36 Å². The van der Waals surface area contributed by atoms with Crippen molar-refractivity contribution in [3.8, 4) is 33.6 Å². The van der Waals surface area contributed by atoms with E-state index in [4.69, 9.17) is 0 Å². The van der Waals surface area contributed by atoms with E-state index < -0.39 is 5.69 Å². The molecule has 0 N–H and O–H groups in total. The summed E-state index contributed by atoms with van der Waals surface area (Å²) in [5.74, 6) is 0. The van der Waals surface area contributed by atoms with Crippen LogP contribution in [0.5, 0.6) is 0 Å². The lowest BCUT2D eigenvalue weighted by atomic mass is 10.0. The molecular weight excluding hydrogens is 518 g/mol. The van der Waals surface area contributed by atoms with Crippen molar-refractivity contribution in [2.75, 3.05) is 0 Å². The lowest BCUT2D eigenvalue weighted by Gasteiger charge is -2.18. The van der Waals surface area contributed by atoms with Crippen molar-refractivity contribution in [1.29, 1.82) is 0 Å². The van der Waals surface area contributed by atoms with Gasteiger partial charge in [0.25, 0.3) is 5.56 Å². The van der Waals surface area contributed by atoms with Crippen LogP contribution >= 0.6 is 0 Å². The standard InChI is InChI=1S/C37H29N3O2/c1-26-21-22-38-25-32(26)19-20-35-27(2)36(41)40(34-18-10-16-31(24-34)29-13-7-4-8-14-29)37(42)39(35)33-17-9-15-30(23-33)28-11-5-3-6-12-28/h3-25H,1-2H3/b20-19-. The van der Waals surface area contributed by atoms with Gasteiger partial charge in [0, 0.05) is 18.0 Å². The molecule has 2 heterocycles. The molecule has 42 heavy (non-hydrogen) atoms. The number of hydrogen-bond acceptors (Lipinski definition) is 3. The van der Waals surface area contributed by atoms with Crippen LogP contribution in [-0.2, 0) is 0 Å². The Kier molecular flexibility index (Phi) is 7.31. The van der Waals surface area contributed by atoms with E-state index in [0.29, 0.717) is 22.6 Å². The predicted molar refractivity (Wildman–Crippen MR) is 171 cm³/mol. The molecule has 5 heteroatoms. The maximum absolute atomic E-state index is 14.4. The molecule has 0 saturated heterocycles. The van der Waals surface area contributed by atoms with Gasteiger partial charge in [0.15, 0.2) is 0 Å². The highest BCUT2D eigenvalue weighted by Crippen LogP contribution is 2.25. The Bertz CT molecular complexity index is 2040. The Labute approximate surface area is 244 Å². The molecule has 4 aromatic carbocycles. The molecule has 0 aliphatic heterocycles. The van der Waals surface area contributed by atoms with E-state index in [1.807, 2.05) is 128 Å². The molecule has 6 rings (SSSR count). The first-order valence-electron chi connectivity index (χ1n) is 13.8. The summed E-state index contributed by atoms with van der Waals surface area (Å²) < 4.78 is 2.89. The van der Waals surface area contributed by atoms with Crippen LogP contribution in [0.25, 0.3) is 45.8 Å². The molecule has 0 fully saturated rings. The van der Waals surface area contributed by atoms with E-state index in [1.54, 1.807) is 30.0 Å². The van der Waals surface area contributed by atoms with Crippen LogP contribution in [0.15, 0.2) is 137 Å². The second-order valence-corrected chi connectivity index (χ2v) is 10.2. The first kappa shape index (κ1) is 26.7. The third kappa shape index (κ3) is 5.16. The molecule has 0 aliphatic rings. The monoisotopic (exact) mass is 547 g/mol. The van der Waals surface area contributed by atoms with Crippen LogP contribution in [0.2, 0.25) is 0 Å². The molecule has 5 nitrogen and oxygen atoms in total. The molecule has 0 radical (unpaired) electrons. The molecule has 0 bridgehead atoms. The fourth-order valence-electron chi connectivity index (χ4n) is 5.14. The zero-order valence-electron chi connectivity index (χ0n) is 23.4. The molecule has 2 aromatic heterocycles. The summed E-state index contributed by atoms with van der Waals surface area (Å²) in [6, 6.07) is 37.2. The average molecular weight is 548 g/mol. The summed E-state index contributed by atoms with van der Waals surface area (Å²) >= 11 is 0. The molecule has 6 aromatic rings. The molecule has 0 amide bonds. The Morgan fingerprint density at radius 2 is 1.14 bits per heavy atom. The number of nitrogens with zero attached hydrogens (tertiary/aromatic N) is 3. The van der Waals surface area contributed by atoms with Gasteiger partial charge in [0.1, 0.15) is 0 Å². The molecule has 0 unspecified atom stereocenters. The minimum Gasteiger partial charge on any atom is -0.268 e. The van der Waals surface area contributed by atoms with Gasteiger partial charge in [-0.3, -0.25) is 14.3 Å². The Morgan fingerprint density at radius 3 is 1.71 bits per heavy atom. The summed E-state index contributed by atoms with van der Waals surface area (Å²) in [6.45, 7) is 3.77. The lowest BCUT2D eigenvalue weighted by Crippen LogP contribution is -2.40. The fourth-order valence-corrected chi connectivity index (χ4v) is 5.14. The highest BCUT2D eigenvalue weighted by Gasteiger charge is 2.18. The van der Waals surface area contributed by atoms with Gasteiger partial charge in [-0.05, 0) is 83.6 Å². The van der Waals surface area contributed by atoms with Crippen molar-refractivity contribution < 1.29 is 0 Å². The second-order valence-electron chi connectivity index (χ2n) is 10.2. The number of rotatable bonds is 6. The molecule has 204 valence electrons. The van der Waals surface area contributed by atoms with Gasteiger partial charge < -0.3 is 0 Å². The predicted octanol–water partition coefficient (Wildman–Crippen LogP) is 7.50. The van der Waals surface area contributed by atoms with Gasteiger partial charge >= 0.3 is 5.69 Å². The molecule has 0 atom stereocenters. The lowest BCUT2D eigenvalue weighted by molar-refractivity contribution is 0.782. The van der Waals surface area contributed by atoms with Crippen LogP contribution in [0.3, 0.4) is 0 Å². The zero-order valence-corrected chi connectivity index (χ0v) is 23.4. The summed E-state index contributed by atoms with van der Waals surface area (Å²) in [6.07, 6.45) is 7.26.